The fraction of sp³-hybridized carbons (Fsp3) is 0.400. The number of alkyl halides is 3. The first-order chi connectivity index (χ1) is 7.77. The molecule has 96 valence electrons. The van der Waals surface area contributed by atoms with Crippen LogP contribution in [0.1, 0.15) is 11.6 Å². The van der Waals surface area contributed by atoms with Crippen molar-refractivity contribution in [1.29, 1.82) is 0 Å². The lowest BCUT2D eigenvalue weighted by Crippen LogP contribution is -2.38. The zero-order valence-electron chi connectivity index (χ0n) is 8.83. The minimum absolute atomic E-state index is 0.0620. The van der Waals surface area contributed by atoms with Crippen LogP contribution in [0.3, 0.4) is 0 Å². The molecule has 0 radical (unpaired) electrons. The second kappa shape index (κ2) is 4.89. The molecule has 0 saturated heterocycles. The summed E-state index contributed by atoms with van der Waals surface area (Å²) in [7, 11) is 1.17. The predicted octanol–water partition coefficient (Wildman–Crippen LogP) is 1.76. The summed E-state index contributed by atoms with van der Waals surface area (Å²) in [6.07, 6.45) is -7.54. The molecule has 0 aliphatic heterocycles. The molecule has 1 rings (SSSR count). The van der Waals surface area contributed by atoms with Gasteiger partial charge in [0.15, 0.2) is 17.7 Å². The highest BCUT2D eigenvalue weighted by Gasteiger charge is 2.42. The minimum Gasteiger partial charge on any atom is -0.494 e. The van der Waals surface area contributed by atoms with Gasteiger partial charge in [-0.15, -0.1) is 0 Å². The van der Waals surface area contributed by atoms with Gasteiger partial charge in [-0.1, -0.05) is 6.07 Å². The van der Waals surface area contributed by atoms with Gasteiger partial charge in [0.25, 0.3) is 0 Å². The number of halogens is 4. The molecule has 0 aliphatic rings. The summed E-state index contributed by atoms with van der Waals surface area (Å²) in [4.78, 5) is 0. The number of benzene rings is 1. The summed E-state index contributed by atoms with van der Waals surface area (Å²) < 4.78 is 54.3. The smallest absolute Gasteiger partial charge is 0.416 e. The van der Waals surface area contributed by atoms with Gasteiger partial charge in [0, 0.05) is 0 Å². The lowest BCUT2D eigenvalue weighted by molar-refractivity contribution is -0.210. The van der Waals surface area contributed by atoms with Crippen LogP contribution in [0.15, 0.2) is 18.2 Å². The molecule has 0 amide bonds. The van der Waals surface area contributed by atoms with E-state index in [4.69, 9.17) is 10.8 Å². The van der Waals surface area contributed by atoms with Gasteiger partial charge in [-0.3, -0.25) is 0 Å². The highest BCUT2D eigenvalue weighted by atomic mass is 19.4. The van der Waals surface area contributed by atoms with E-state index in [1.165, 1.54) is 7.11 Å². The molecule has 0 heterocycles. The van der Waals surface area contributed by atoms with Gasteiger partial charge < -0.3 is 15.6 Å². The monoisotopic (exact) mass is 253 g/mol. The Bertz CT molecular complexity index is 394. The lowest BCUT2D eigenvalue weighted by Gasteiger charge is -2.22. The quantitative estimate of drug-likeness (QED) is 0.807. The van der Waals surface area contributed by atoms with E-state index in [9.17, 15) is 17.6 Å². The zero-order chi connectivity index (χ0) is 13.2. The summed E-state index contributed by atoms with van der Waals surface area (Å²) in [5.74, 6) is -0.947. The number of rotatable bonds is 3. The number of aliphatic hydroxyl groups excluding tert-OH is 1. The molecule has 3 N–H and O–H groups in total. The van der Waals surface area contributed by atoms with Crippen molar-refractivity contribution in [2.75, 3.05) is 7.11 Å². The van der Waals surface area contributed by atoms with E-state index in [0.29, 0.717) is 0 Å². The molecular formula is C10H11F4NO2. The topological polar surface area (TPSA) is 55.5 Å². The van der Waals surface area contributed by atoms with Crippen LogP contribution in [0.2, 0.25) is 0 Å². The van der Waals surface area contributed by atoms with Crippen molar-refractivity contribution in [1.82, 2.24) is 0 Å². The molecule has 0 bridgehead atoms. The lowest BCUT2D eigenvalue weighted by atomic mass is 10.0. The van der Waals surface area contributed by atoms with E-state index in [1.807, 2.05) is 0 Å². The van der Waals surface area contributed by atoms with Crippen LogP contribution in [-0.4, -0.2) is 24.5 Å². The van der Waals surface area contributed by atoms with Crippen molar-refractivity contribution in [2.45, 2.75) is 18.3 Å². The number of hydrogen-bond donors (Lipinski definition) is 2. The van der Waals surface area contributed by atoms with E-state index in [-0.39, 0.29) is 11.3 Å². The second-order valence-corrected chi connectivity index (χ2v) is 3.41. The third kappa shape index (κ3) is 3.07. The third-order valence-corrected chi connectivity index (χ3v) is 2.24. The van der Waals surface area contributed by atoms with Crippen LogP contribution in [0.4, 0.5) is 17.6 Å². The standard InChI is InChI=1S/C10H11F4NO2/c1-17-7-4-5(2-3-6(7)11)8(15)9(16)10(12,13)14/h2-4,8-9,16H,15H2,1H3/t8-,9-/m1/s1. The molecule has 0 unspecified atom stereocenters. The van der Waals surface area contributed by atoms with Crippen LogP contribution >= 0.6 is 0 Å². The molecular weight excluding hydrogens is 242 g/mol. The van der Waals surface area contributed by atoms with Crippen molar-refractivity contribution in [3.05, 3.63) is 29.6 Å². The Morgan fingerprint density at radius 2 is 1.94 bits per heavy atom. The summed E-state index contributed by atoms with van der Waals surface area (Å²) in [5.41, 5.74) is 5.19. The van der Waals surface area contributed by atoms with Crippen LogP contribution in [-0.2, 0) is 0 Å². The highest BCUT2D eigenvalue weighted by Crippen LogP contribution is 2.30. The summed E-state index contributed by atoms with van der Waals surface area (Å²) in [5, 5.41) is 8.96. The Kier molecular flexibility index (Phi) is 3.94. The van der Waals surface area contributed by atoms with E-state index in [2.05, 4.69) is 4.74 Å². The van der Waals surface area contributed by atoms with Crippen molar-refractivity contribution < 1.29 is 27.4 Å². The Balaban J connectivity index is 3.00. The average molecular weight is 253 g/mol. The third-order valence-electron chi connectivity index (χ3n) is 2.24. The van der Waals surface area contributed by atoms with E-state index < -0.39 is 24.1 Å². The van der Waals surface area contributed by atoms with E-state index in [1.54, 1.807) is 0 Å². The number of aliphatic hydroxyl groups is 1. The highest BCUT2D eigenvalue weighted by molar-refractivity contribution is 5.32. The number of ether oxygens (including phenoxy) is 1. The average Bonchev–Trinajstić information content (AvgIpc) is 2.26. The van der Waals surface area contributed by atoms with Crippen LogP contribution in [0, 0.1) is 5.82 Å². The number of methoxy groups -OCH3 is 1. The Morgan fingerprint density at radius 3 is 2.41 bits per heavy atom. The molecule has 3 nitrogen and oxygen atoms in total. The summed E-state index contributed by atoms with van der Waals surface area (Å²) in [6, 6.07) is 1.33. The maximum Gasteiger partial charge on any atom is 0.416 e. The maximum atomic E-state index is 13.0. The molecule has 1 aromatic carbocycles. The molecule has 0 aliphatic carbocycles. The van der Waals surface area contributed by atoms with Gasteiger partial charge in [0.2, 0.25) is 0 Å². The molecule has 0 fully saturated rings. The van der Waals surface area contributed by atoms with Gasteiger partial charge in [0.05, 0.1) is 13.2 Å². The van der Waals surface area contributed by atoms with Crippen molar-refractivity contribution in [3.63, 3.8) is 0 Å². The molecule has 1 aromatic rings. The van der Waals surface area contributed by atoms with E-state index >= 15 is 0 Å². The van der Waals surface area contributed by atoms with Crippen molar-refractivity contribution in [3.8, 4) is 5.75 Å². The first-order valence-corrected chi connectivity index (χ1v) is 4.61. The first kappa shape index (κ1) is 13.7. The molecule has 2 atom stereocenters. The number of nitrogens with two attached hydrogens (primary N) is 1. The van der Waals surface area contributed by atoms with Crippen LogP contribution in [0.25, 0.3) is 0 Å². The van der Waals surface area contributed by atoms with Crippen molar-refractivity contribution >= 4 is 0 Å². The van der Waals surface area contributed by atoms with Crippen LogP contribution in [0.5, 0.6) is 5.75 Å². The maximum absolute atomic E-state index is 13.0. The molecule has 17 heavy (non-hydrogen) atoms. The molecule has 0 aromatic heterocycles. The molecule has 7 heteroatoms. The first-order valence-electron chi connectivity index (χ1n) is 4.61. The largest absolute Gasteiger partial charge is 0.494 e. The summed E-state index contributed by atoms with van der Waals surface area (Å²) in [6.45, 7) is 0. The minimum atomic E-state index is -4.83. The fourth-order valence-corrected chi connectivity index (χ4v) is 1.27. The zero-order valence-corrected chi connectivity index (χ0v) is 8.83. The van der Waals surface area contributed by atoms with Crippen LogP contribution < -0.4 is 10.5 Å². The predicted molar refractivity (Wildman–Crippen MR) is 51.9 cm³/mol. The van der Waals surface area contributed by atoms with Gasteiger partial charge in [-0.25, -0.2) is 4.39 Å². The van der Waals surface area contributed by atoms with E-state index in [0.717, 1.165) is 18.2 Å². The van der Waals surface area contributed by atoms with Gasteiger partial charge in [-0.2, -0.15) is 13.2 Å². The fourth-order valence-electron chi connectivity index (χ4n) is 1.27. The Hall–Kier alpha value is -1.34. The normalized spacial score (nSPS) is 15.5. The van der Waals surface area contributed by atoms with Gasteiger partial charge in [0.1, 0.15) is 0 Å². The SMILES string of the molecule is COc1cc([C@@H](N)[C@@H](O)C(F)(F)F)ccc1F. The second-order valence-electron chi connectivity index (χ2n) is 3.41. The summed E-state index contributed by atoms with van der Waals surface area (Å²) >= 11 is 0. The van der Waals surface area contributed by atoms with Gasteiger partial charge in [-0.05, 0) is 17.7 Å². The van der Waals surface area contributed by atoms with Gasteiger partial charge >= 0.3 is 6.18 Å². The molecule has 0 spiro atoms. The van der Waals surface area contributed by atoms with Crippen molar-refractivity contribution in [2.24, 2.45) is 5.73 Å². The Labute approximate surface area is 94.8 Å². The number of hydrogen-bond acceptors (Lipinski definition) is 3. The Morgan fingerprint density at radius 1 is 1.35 bits per heavy atom. The molecule has 0 saturated carbocycles.